The van der Waals surface area contributed by atoms with E-state index in [1.165, 1.54) is 17.0 Å². The molecule has 2 heterocycles. The van der Waals surface area contributed by atoms with Gasteiger partial charge in [0.05, 0.1) is 5.54 Å². The fraction of sp³-hybridized carbons (Fsp3) is 0.250. The predicted molar refractivity (Wildman–Crippen MR) is 94.2 cm³/mol. The molecule has 9 heteroatoms. The van der Waals surface area contributed by atoms with E-state index in [-0.39, 0.29) is 11.8 Å². The van der Waals surface area contributed by atoms with E-state index in [1.807, 2.05) is 0 Å². The highest BCUT2D eigenvalue weighted by molar-refractivity contribution is 5.98. The van der Waals surface area contributed by atoms with E-state index in [0.29, 0.717) is 28.7 Å². The molecule has 0 fully saturated rings. The zero-order valence-electron chi connectivity index (χ0n) is 15.4. The predicted octanol–water partition coefficient (Wildman–Crippen LogP) is 4.50. The number of carbonyl (C=O) groups is 1. The normalized spacial score (nSPS) is 19.0. The monoisotopic (exact) mass is 405 g/mol. The molecule has 0 spiro atoms. The topological polar surface area (TPSA) is 59.2 Å². The van der Waals surface area contributed by atoms with Gasteiger partial charge in [-0.2, -0.15) is 8.78 Å². The highest BCUT2D eigenvalue weighted by atomic mass is 19.3. The van der Waals surface area contributed by atoms with Crippen LogP contribution >= 0.6 is 0 Å². The lowest BCUT2D eigenvalue weighted by molar-refractivity contribution is 0.0546. The van der Waals surface area contributed by atoms with Crippen LogP contribution in [-0.2, 0) is 12.0 Å². The van der Waals surface area contributed by atoms with E-state index in [4.69, 9.17) is 4.42 Å². The van der Waals surface area contributed by atoms with Crippen molar-refractivity contribution in [3.63, 3.8) is 0 Å². The van der Waals surface area contributed by atoms with Gasteiger partial charge in [-0.25, -0.2) is 8.78 Å². The quantitative estimate of drug-likeness (QED) is 0.603. The number of benzene rings is 2. The Morgan fingerprint density at radius 1 is 1.10 bits per heavy atom. The lowest BCUT2D eigenvalue weighted by atomic mass is 9.79. The van der Waals surface area contributed by atoms with Gasteiger partial charge in [-0.1, -0.05) is 12.1 Å². The lowest BCUT2D eigenvalue weighted by Crippen LogP contribution is -2.50. The molecule has 2 aromatic carbocycles. The van der Waals surface area contributed by atoms with Crippen molar-refractivity contribution in [3.8, 4) is 11.5 Å². The Kier molecular flexibility index (Phi) is 4.40. The molecule has 1 atom stereocenters. The van der Waals surface area contributed by atoms with Gasteiger partial charge in [0, 0.05) is 24.6 Å². The summed E-state index contributed by atoms with van der Waals surface area (Å²) in [6.45, 7) is 1.77. The minimum Gasteiger partial charge on any atom is -0.415 e. The van der Waals surface area contributed by atoms with Crippen molar-refractivity contribution in [2.45, 2.75) is 25.3 Å². The standard InChI is InChI=1S/C20H15F4N3O2/c1-20(12-5-6-14(21)15(22)8-12)9-11-4-3-10(7-13(11)19(28)27(20)2)17-25-26-18(29-17)16(23)24/h3-8,16H,9H2,1-2H3/t20-/m0/s1. The smallest absolute Gasteiger partial charge is 0.314 e. The molecule has 0 bridgehead atoms. The first-order valence-electron chi connectivity index (χ1n) is 8.69. The van der Waals surface area contributed by atoms with Gasteiger partial charge in [-0.15, -0.1) is 10.2 Å². The van der Waals surface area contributed by atoms with Crippen LogP contribution < -0.4 is 0 Å². The average molecular weight is 405 g/mol. The van der Waals surface area contributed by atoms with Crippen molar-refractivity contribution >= 4 is 5.91 Å². The molecule has 3 aromatic rings. The number of halogens is 4. The minimum absolute atomic E-state index is 0.118. The molecule has 5 nitrogen and oxygen atoms in total. The zero-order chi connectivity index (χ0) is 20.9. The third-order valence-electron chi connectivity index (χ3n) is 5.34. The summed E-state index contributed by atoms with van der Waals surface area (Å²) < 4.78 is 57.4. The third-order valence-corrected chi connectivity index (χ3v) is 5.34. The van der Waals surface area contributed by atoms with E-state index < -0.39 is 29.5 Å². The van der Waals surface area contributed by atoms with Gasteiger partial charge >= 0.3 is 6.43 Å². The summed E-state index contributed by atoms with van der Waals surface area (Å²) in [5.74, 6) is -3.22. The number of nitrogens with zero attached hydrogens (tertiary/aromatic N) is 3. The van der Waals surface area contributed by atoms with Crippen LogP contribution in [0.1, 0.15) is 40.7 Å². The van der Waals surface area contributed by atoms with Crippen LogP contribution in [-0.4, -0.2) is 28.1 Å². The number of hydrogen-bond donors (Lipinski definition) is 0. The van der Waals surface area contributed by atoms with Crippen LogP contribution in [0.25, 0.3) is 11.5 Å². The average Bonchev–Trinajstić information content (AvgIpc) is 3.19. The van der Waals surface area contributed by atoms with Gasteiger partial charge in [0.15, 0.2) is 11.6 Å². The molecule has 0 saturated heterocycles. The van der Waals surface area contributed by atoms with Crippen molar-refractivity contribution < 1.29 is 26.8 Å². The number of rotatable bonds is 3. The van der Waals surface area contributed by atoms with Crippen molar-refractivity contribution in [1.82, 2.24) is 15.1 Å². The Hall–Kier alpha value is -3.23. The van der Waals surface area contributed by atoms with E-state index in [2.05, 4.69) is 10.2 Å². The lowest BCUT2D eigenvalue weighted by Gasteiger charge is -2.43. The first-order chi connectivity index (χ1) is 13.7. The summed E-state index contributed by atoms with van der Waals surface area (Å²) >= 11 is 0. The Morgan fingerprint density at radius 3 is 2.52 bits per heavy atom. The van der Waals surface area contributed by atoms with Gasteiger partial charge in [0.25, 0.3) is 11.8 Å². The Morgan fingerprint density at radius 2 is 1.86 bits per heavy atom. The molecule has 29 heavy (non-hydrogen) atoms. The highest BCUT2D eigenvalue weighted by Crippen LogP contribution is 2.39. The molecular formula is C20H15F4N3O2. The maximum absolute atomic E-state index is 13.8. The Bertz CT molecular complexity index is 1110. The summed E-state index contributed by atoms with van der Waals surface area (Å²) in [5, 5.41) is 6.88. The van der Waals surface area contributed by atoms with Crippen LogP contribution in [0.3, 0.4) is 0 Å². The van der Waals surface area contributed by atoms with E-state index in [0.717, 1.165) is 12.1 Å². The van der Waals surface area contributed by atoms with Gasteiger partial charge < -0.3 is 9.32 Å². The molecule has 1 aromatic heterocycles. The number of carbonyl (C=O) groups excluding carboxylic acids is 1. The van der Waals surface area contributed by atoms with Crippen LogP contribution in [0.2, 0.25) is 0 Å². The first kappa shape index (κ1) is 19.1. The molecule has 1 aliphatic rings. The fourth-order valence-corrected chi connectivity index (χ4v) is 3.52. The highest BCUT2D eigenvalue weighted by Gasteiger charge is 2.41. The van der Waals surface area contributed by atoms with Crippen LogP contribution in [0.15, 0.2) is 40.8 Å². The number of aromatic nitrogens is 2. The maximum atomic E-state index is 13.8. The van der Waals surface area contributed by atoms with Crippen molar-refractivity contribution in [3.05, 3.63) is 70.6 Å². The Balaban J connectivity index is 1.74. The number of amides is 1. The summed E-state index contributed by atoms with van der Waals surface area (Å²) in [6.07, 6.45) is -2.54. The third kappa shape index (κ3) is 3.06. The van der Waals surface area contributed by atoms with Crippen LogP contribution in [0.5, 0.6) is 0 Å². The fourth-order valence-electron chi connectivity index (χ4n) is 3.52. The summed E-state index contributed by atoms with van der Waals surface area (Å²) in [5.41, 5.74) is 0.925. The van der Waals surface area contributed by atoms with E-state index in [1.54, 1.807) is 26.1 Å². The van der Waals surface area contributed by atoms with Gasteiger partial charge in [0.2, 0.25) is 5.89 Å². The van der Waals surface area contributed by atoms with E-state index >= 15 is 0 Å². The maximum Gasteiger partial charge on any atom is 0.314 e. The summed E-state index contributed by atoms with van der Waals surface area (Å²) in [4.78, 5) is 14.5. The second kappa shape index (κ2) is 6.68. The van der Waals surface area contributed by atoms with Crippen LogP contribution in [0, 0.1) is 11.6 Å². The number of alkyl halides is 2. The molecule has 0 aliphatic carbocycles. The SMILES string of the molecule is CN1C(=O)c2cc(-c3nnc(C(F)F)o3)ccc2C[C@@]1(C)c1ccc(F)c(F)c1. The minimum atomic E-state index is -2.89. The second-order valence-corrected chi connectivity index (χ2v) is 7.06. The molecule has 1 amide bonds. The molecule has 0 N–H and O–H groups in total. The molecular weight excluding hydrogens is 390 g/mol. The molecule has 4 rings (SSSR count). The summed E-state index contributed by atoms with van der Waals surface area (Å²) in [7, 11) is 1.57. The number of hydrogen-bond acceptors (Lipinski definition) is 4. The summed E-state index contributed by atoms with van der Waals surface area (Å²) in [6, 6.07) is 8.32. The van der Waals surface area contributed by atoms with E-state index in [9.17, 15) is 22.4 Å². The van der Waals surface area contributed by atoms with Gasteiger partial charge in [0.1, 0.15) is 0 Å². The first-order valence-corrected chi connectivity index (χ1v) is 8.69. The van der Waals surface area contributed by atoms with Gasteiger partial charge in [-0.05, 0) is 42.3 Å². The Labute approximate surface area is 163 Å². The number of likely N-dealkylation sites (N-methyl/N-ethyl adjacent to an activating group) is 1. The molecule has 150 valence electrons. The molecule has 0 saturated carbocycles. The zero-order valence-corrected chi connectivity index (χ0v) is 15.4. The molecule has 0 radical (unpaired) electrons. The molecule has 0 unspecified atom stereocenters. The second-order valence-electron chi connectivity index (χ2n) is 7.06. The molecule has 1 aliphatic heterocycles. The number of fused-ring (bicyclic) bond motifs is 1. The van der Waals surface area contributed by atoms with Crippen molar-refractivity contribution in [1.29, 1.82) is 0 Å². The van der Waals surface area contributed by atoms with Crippen molar-refractivity contribution in [2.24, 2.45) is 0 Å². The van der Waals surface area contributed by atoms with Crippen molar-refractivity contribution in [2.75, 3.05) is 7.05 Å². The van der Waals surface area contributed by atoms with Gasteiger partial charge in [-0.3, -0.25) is 4.79 Å². The van der Waals surface area contributed by atoms with Crippen LogP contribution in [0.4, 0.5) is 17.6 Å². The largest absolute Gasteiger partial charge is 0.415 e.